The summed E-state index contributed by atoms with van der Waals surface area (Å²) in [5.74, 6) is -0.0241. The standard InChI is InChI=1S/C31H33ClN2O/c1-20-18-30(4,5)34(28(35)21-11-14-23(32)15-12-21)27-16-13-22(17-24(20)27)31(6)19-29(2,3)33-26-10-8-7-9-25(26)31/h7-18,33H,19H2,1-6H3/t31-/m0/s1. The number of halogens is 1. The number of anilines is 2. The van der Waals surface area contributed by atoms with Crippen LogP contribution >= 0.6 is 11.6 Å². The molecule has 3 aromatic carbocycles. The SMILES string of the molecule is CC1=CC(C)(C)N(C(=O)c2ccc(Cl)cc2)c2ccc([C@]3(C)CC(C)(C)Nc4ccccc43)cc21. The van der Waals surface area contributed by atoms with Gasteiger partial charge in [0.15, 0.2) is 0 Å². The fourth-order valence-electron chi connectivity index (χ4n) is 6.18. The smallest absolute Gasteiger partial charge is 0.259 e. The third-order valence-electron chi connectivity index (χ3n) is 7.53. The second-order valence-electron chi connectivity index (χ2n) is 11.4. The van der Waals surface area contributed by atoms with Crippen LogP contribution < -0.4 is 10.2 Å². The van der Waals surface area contributed by atoms with Crippen molar-refractivity contribution in [2.24, 2.45) is 0 Å². The summed E-state index contributed by atoms with van der Waals surface area (Å²) in [6, 6.07) is 22.4. The predicted molar refractivity (Wildman–Crippen MR) is 148 cm³/mol. The Balaban J connectivity index is 1.64. The van der Waals surface area contributed by atoms with Gasteiger partial charge in [0.2, 0.25) is 0 Å². The van der Waals surface area contributed by atoms with Crippen LogP contribution in [0.1, 0.15) is 75.0 Å². The van der Waals surface area contributed by atoms with Gasteiger partial charge in [-0.1, -0.05) is 48.9 Å². The summed E-state index contributed by atoms with van der Waals surface area (Å²) in [7, 11) is 0. The van der Waals surface area contributed by atoms with Gasteiger partial charge in [0.25, 0.3) is 5.91 Å². The van der Waals surface area contributed by atoms with Gasteiger partial charge in [-0.05, 0) is 100 Å². The molecule has 5 rings (SSSR count). The van der Waals surface area contributed by atoms with E-state index in [1.807, 2.05) is 4.90 Å². The van der Waals surface area contributed by atoms with Crippen molar-refractivity contribution in [1.29, 1.82) is 0 Å². The van der Waals surface area contributed by atoms with E-state index in [4.69, 9.17) is 11.6 Å². The number of rotatable bonds is 2. The third kappa shape index (κ3) is 3.96. The highest BCUT2D eigenvalue weighted by Crippen LogP contribution is 2.49. The molecule has 0 bridgehead atoms. The maximum Gasteiger partial charge on any atom is 0.259 e. The first-order valence-corrected chi connectivity index (χ1v) is 12.6. The lowest BCUT2D eigenvalue weighted by Gasteiger charge is -2.47. The molecular formula is C31H33ClN2O. The van der Waals surface area contributed by atoms with Gasteiger partial charge in [0.05, 0.1) is 11.2 Å². The van der Waals surface area contributed by atoms with Crippen LogP contribution in [-0.2, 0) is 5.41 Å². The van der Waals surface area contributed by atoms with Crippen LogP contribution in [0.4, 0.5) is 11.4 Å². The largest absolute Gasteiger partial charge is 0.380 e. The Morgan fingerprint density at radius 1 is 0.943 bits per heavy atom. The Hall–Kier alpha value is -3.04. The number of hydrogen-bond acceptors (Lipinski definition) is 2. The van der Waals surface area contributed by atoms with Crippen molar-refractivity contribution in [1.82, 2.24) is 0 Å². The van der Waals surface area contributed by atoms with Crippen LogP contribution in [0.3, 0.4) is 0 Å². The van der Waals surface area contributed by atoms with E-state index in [0.29, 0.717) is 10.6 Å². The molecule has 0 unspecified atom stereocenters. The van der Waals surface area contributed by atoms with Crippen LogP contribution in [0.25, 0.3) is 5.57 Å². The number of para-hydroxylation sites is 1. The molecule has 2 aliphatic rings. The molecule has 0 radical (unpaired) electrons. The molecule has 1 amide bonds. The number of carbonyl (C=O) groups is 1. The van der Waals surface area contributed by atoms with Gasteiger partial charge in [-0.15, -0.1) is 0 Å². The van der Waals surface area contributed by atoms with E-state index >= 15 is 0 Å². The van der Waals surface area contributed by atoms with E-state index in [1.54, 1.807) is 24.3 Å². The Labute approximate surface area is 213 Å². The number of amides is 1. The second kappa shape index (κ2) is 7.99. The highest BCUT2D eigenvalue weighted by molar-refractivity contribution is 6.30. The molecule has 0 saturated carbocycles. The molecule has 0 spiro atoms. The molecule has 0 saturated heterocycles. The zero-order valence-electron chi connectivity index (χ0n) is 21.4. The lowest BCUT2D eigenvalue weighted by Crippen LogP contribution is -2.49. The van der Waals surface area contributed by atoms with Crippen LogP contribution in [0.2, 0.25) is 5.02 Å². The van der Waals surface area contributed by atoms with E-state index in [9.17, 15) is 4.79 Å². The molecule has 2 aliphatic heterocycles. The Morgan fingerprint density at radius 3 is 2.34 bits per heavy atom. The van der Waals surface area contributed by atoms with E-state index < -0.39 is 5.54 Å². The molecule has 4 heteroatoms. The van der Waals surface area contributed by atoms with E-state index in [-0.39, 0.29) is 16.9 Å². The molecule has 3 nitrogen and oxygen atoms in total. The van der Waals surface area contributed by atoms with Crippen LogP contribution in [0, 0.1) is 0 Å². The van der Waals surface area contributed by atoms with Crippen LogP contribution in [0.15, 0.2) is 72.8 Å². The van der Waals surface area contributed by atoms with Crippen molar-refractivity contribution in [2.45, 2.75) is 64.5 Å². The number of carbonyl (C=O) groups excluding carboxylic acids is 1. The topological polar surface area (TPSA) is 32.3 Å². The summed E-state index contributed by atoms with van der Waals surface area (Å²) >= 11 is 6.08. The highest BCUT2D eigenvalue weighted by Gasteiger charge is 2.43. The van der Waals surface area contributed by atoms with Gasteiger partial charge in [0, 0.05) is 32.8 Å². The minimum absolute atomic E-state index is 0.0241. The monoisotopic (exact) mass is 484 g/mol. The van der Waals surface area contributed by atoms with Gasteiger partial charge in [-0.25, -0.2) is 0 Å². The van der Waals surface area contributed by atoms with Crippen molar-refractivity contribution in [3.63, 3.8) is 0 Å². The maximum atomic E-state index is 13.7. The first-order chi connectivity index (χ1) is 16.4. The fraction of sp³-hybridized carbons (Fsp3) is 0.323. The first-order valence-electron chi connectivity index (χ1n) is 12.2. The summed E-state index contributed by atoms with van der Waals surface area (Å²) in [6.45, 7) is 13.2. The minimum atomic E-state index is -0.456. The number of nitrogens with one attached hydrogen (secondary N) is 1. The maximum absolute atomic E-state index is 13.7. The van der Waals surface area contributed by atoms with Gasteiger partial charge in [-0.2, -0.15) is 0 Å². The molecule has 0 fully saturated rings. The summed E-state index contributed by atoms with van der Waals surface area (Å²) in [5, 5.41) is 4.34. The second-order valence-corrected chi connectivity index (χ2v) is 11.9. The van der Waals surface area contributed by atoms with Crippen molar-refractivity contribution in [3.8, 4) is 0 Å². The Bertz CT molecular complexity index is 1350. The molecule has 35 heavy (non-hydrogen) atoms. The average Bonchev–Trinajstić information content (AvgIpc) is 2.78. The van der Waals surface area contributed by atoms with Crippen LogP contribution in [0.5, 0.6) is 0 Å². The number of fused-ring (bicyclic) bond motifs is 2. The lowest BCUT2D eigenvalue weighted by molar-refractivity contribution is 0.0970. The lowest BCUT2D eigenvalue weighted by atomic mass is 9.65. The molecule has 0 aliphatic carbocycles. The van der Waals surface area contributed by atoms with E-state index in [0.717, 1.165) is 17.7 Å². The normalized spacial score (nSPS) is 21.9. The molecule has 1 N–H and O–H groups in total. The summed E-state index contributed by atoms with van der Waals surface area (Å²) < 4.78 is 0. The predicted octanol–water partition coefficient (Wildman–Crippen LogP) is 8.08. The number of nitrogens with zero attached hydrogens (tertiary/aromatic N) is 1. The summed E-state index contributed by atoms with van der Waals surface area (Å²) in [5.41, 5.74) is 7.00. The average molecular weight is 485 g/mol. The van der Waals surface area contributed by atoms with E-state index in [2.05, 4.69) is 95.4 Å². The van der Waals surface area contributed by atoms with Crippen molar-refractivity contribution in [2.75, 3.05) is 10.2 Å². The minimum Gasteiger partial charge on any atom is -0.380 e. The molecule has 1 atom stereocenters. The number of allylic oxidation sites excluding steroid dienone is 1. The zero-order chi connectivity index (χ0) is 25.2. The quantitative estimate of drug-likeness (QED) is 0.398. The first kappa shape index (κ1) is 23.7. The van der Waals surface area contributed by atoms with Gasteiger partial charge < -0.3 is 5.32 Å². The zero-order valence-corrected chi connectivity index (χ0v) is 22.1. The molecular weight excluding hydrogens is 452 g/mol. The summed E-state index contributed by atoms with van der Waals surface area (Å²) in [4.78, 5) is 15.7. The van der Waals surface area contributed by atoms with Gasteiger partial charge in [0.1, 0.15) is 0 Å². The molecule has 3 aromatic rings. The fourth-order valence-corrected chi connectivity index (χ4v) is 6.31. The van der Waals surface area contributed by atoms with Crippen molar-refractivity contribution in [3.05, 3.63) is 100 Å². The van der Waals surface area contributed by atoms with E-state index in [1.165, 1.54) is 22.4 Å². The number of hydrogen-bond donors (Lipinski definition) is 1. The Kier molecular flexibility index (Phi) is 5.41. The van der Waals surface area contributed by atoms with Crippen molar-refractivity contribution < 1.29 is 4.79 Å². The van der Waals surface area contributed by atoms with Gasteiger partial charge in [-0.3, -0.25) is 9.69 Å². The number of benzene rings is 3. The third-order valence-corrected chi connectivity index (χ3v) is 7.78. The van der Waals surface area contributed by atoms with Crippen molar-refractivity contribution >= 4 is 34.5 Å². The molecule has 2 heterocycles. The molecule has 180 valence electrons. The Morgan fingerprint density at radius 2 is 1.63 bits per heavy atom. The molecule has 0 aromatic heterocycles. The van der Waals surface area contributed by atoms with Crippen LogP contribution in [-0.4, -0.2) is 17.0 Å². The highest BCUT2D eigenvalue weighted by atomic mass is 35.5. The van der Waals surface area contributed by atoms with Gasteiger partial charge >= 0.3 is 0 Å². The summed E-state index contributed by atoms with van der Waals surface area (Å²) in [6.07, 6.45) is 3.17.